The summed E-state index contributed by atoms with van der Waals surface area (Å²) in [6, 6.07) is 9.05. The number of nitrogens with zero attached hydrogens (tertiary/aromatic N) is 2. The fourth-order valence-electron chi connectivity index (χ4n) is 5.12. The van der Waals surface area contributed by atoms with E-state index in [1.165, 1.54) is 56.4 Å². The lowest BCUT2D eigenvalue weighted by Crippen LogP contribution is -2.47. The molecule has 0 aromatic heterocycles. The Kier molecular flexibility index (Phi) is 6.74. The van der Waals surface area contributed by atoms with Crippen molar-refractivity contribution in [3.63, 3.8) is 0 Å². The summed E-state index contributed by atoms with van der Waals surface area (Å²) in [6.07, 6.45) is 5.94. The average molecular weight is 395 g/mol. The van der Waals surface area contributed by atoms with Crippen molar-refractivity contribution >= 4 is 5.91 Å². The summed E-state index contributed by atoms with van der Waals surface area (Å²) >= 11 is 0. The lowest BCUT2D eigenvalue weighted by atomic mass is 9.63. The van der Waals surface area contributed by atoms with Crippen LogP contribution in [0.2, 0.25) is 0 Å². The van der Waals surface area contributed by atoms with Crippen LogP contribution in [-0.4, -0.2) is 41.9 Å². The number of piperidine rings is 1. The van der Waals surface area contributed by atoms with E-state index in [1.807, 2.05) is 11.8 Å². The van der Waals surface area contributed by atoms with Gasteiger partial charge >= 0.3 is 0 Å². The molecule has 1 atom stereocenters. The Morgan fingerprint density at radius 2 is 1.90 bits per heavy atom. The van der Waals surface area contributed by atoms with Crippen LogP contribution < -0.4 is 0 Å². The van der Waals surface area contributed by atoms with E-state index < -0.39 is 0 Å². The van der Waals surface area contributed by atoms with Gasteiger partial charge in [0.15, 0.2) is 0 Å². The van der Waals surface area contributed by atoms with Crippen LogP contribution in [0.4, 0.5) is 0 Å². The van der Waals surface area contributed by atoms with Crippen LogP contribution in [-0.2, 0) is 10.2 Å². The summed E-state index contributed by atoms with van der Waals surface area (Å²) in [7, 11) is 0. The molecule has 0 bridgehead atoms. The minimum absolute atomic E-state index is 0.125. The number of amides is 1. The second kappa shape index (κ2) is 8.92. The van der Waals surface area contributed by atoms with Gasteiger partial charge in [0.25, 0.3) is 0 Å². The summed E-state index contributed by atoms with van der Waals surface area (Å²) in [5, 5.41) is 0. The first-order valence-corrected chi connectivity index (χ1v) is 11.2. The number of fused-ring (bicyclic) bond motifs is 2. The van der Waals surface area contributed by atoms with Gasteiger partial charge in [-0.25, -0.2) is 0 Å². The van der Waals surface area contributed by atoms with Gasteiger partial charge in [-0.2, -0.15) is 0 Å². The van der Waals surface area contributed by atoms with Crippen molar-refractivity contribution in [2.24, 2.45) is 5.41 Å². The maximum atomic E-state index is 12.4. The van der Waals surface area contributed by atoms with Gasteiger partial charge in [0.1, 0.15) is 0 Å². The molecule has 3 rings (SSSR count). The third kappa shape index (κ3) is 5.04. The zero-order chi connectivity index (χ0) is 21.1. The van der Waals surface area contributed by atoms with E-state index in [2.05, 4.69) is 61.8 Å². The molecule has 2 aliphatic rings. The van der Waals surface area contributed by atoms with Crippen LogP contribution in [0.25, 0.3) is 0 Å². The highest BCUT2D eigenvalue weighted by Crippen LogP contribution is 2.49. The first-order valence-electron chi connectivity index (χ1n) is 11.2. The molecule has 1 amide bonds. The van der Waals surface area contributed by atoms with Crippen LogP contribution in [0, 0.1) is 17.3 Å². The van der Waals surface area contributed by atoms with Gasteiger partial charge in [-0.3, -0.25) is 4.79 Å². The summed E-state index contributed by atoms with van der Waals surface area (Å²) in [6.45, 7) is 14.6. The second-order valence-electron chi connectivity index (χ2n) is 10.1. The molecule has 1 heterocycles. The fraction of sp³-hybridized carbons (Fsp3) is 0.654. The Bertz CT molecular complexity index is 772. The largest absolute Gasteiger partial charge is 0.325 e. The van der Waals surface area contributed by atoms with Gasteiger partial charge in [-0.1, -0.05) is 51.0 Å². The average Bonchev–Trinajstić information content (AvgIpc) is 2.69. The Balaban J connectivity index is 1.79. The van der Waals surface area contributed by atoms with Gasteiger partial charge in [0.05, 0.1) is 12.6 Å². The van der Waals surface area contributed by atoms with E-state index in [0.29, 0.717) is 12.0 Å². The normalized spacial score (nSPS) is 21.2. The zero-order valence-corrected chi connectivity index (χ0v) is 19.1. The number of carbonyl (C=O) groups excluding carboxylic acids is 1. The maximum Gasteiger partial charge on any atom is 0.220 e. The summed E-state index contributed by atoms with van der Waals surface area (Å²) in [4.78, 5) is 17.0. The van der Waals surface area contributed by atoms with Crippen molar-refractivity contribution in [1.82, 2.24) is 9.80 Å². The van der Waals surface area contributed by atoms with Crippen LogP contribution in [0.1, 0.15) is 83.9 Å². The molecule has 0 N–H and O–H groups in total. The summed E-state index contributed by atoms with van der Waals surface area (Å²) in [5.74, 6) is 6.19. The van der Waals surface area contributed by atoms with Crippen molar-refractivity contribution in [3.05, 3.63) is 35.4 Å². The molecule has 3 nitrogen and oxygen atoms in total. The number of hydrogen-bond acceptors (Lipinski definition) is 2. The van der Waals surface area contributed by atoms with E-state index >= 15 is 0 Å². The smallest absolute Gasteiger partial charge is 0.220 e. The molecule has 1 spiro atoms. The van der Waals surface area contributed by atoms with Gasteiger partial charge in [-0.05, 0) is 80.6 Å². The summed E-state index contributed by atoms with van der Waals surface area (Å²) in [5.41, 5.74) is 3.53. The molecule has 0 unspecified atom stereocenters. The number of benzene rings is 1. The number of rotatable bonds is 4. The Morgan fingerprint density at radius 3 is 2.52 bits per heavy atom. The quantitative estimate of drug-likeness (QED) is 0.658. The third-order valence-corrected chi connectivity index (χ3v) is 6.99. The van der Waals surface area contributed by atoms with E-state index in [1.54, 1.807) is 6.92 Å². The van der Waals surface area contributed by atoms with Gasteiger partial charge in [-0.15, -0.1) is 5.92 Å². The Hall–Kier alpha value is -1.79. The fourth-order valence-corrected chi connectivity index (χ4v) is 5.12. The molecule has 1 fully saturated rings. The van der Waals surface area contributed by atoms with Gasteiger partial charge < -0.3 is 9.80 Å². The molecule has 0 radical (unpaired) electrons. The number of carbonyl (C=O) groups is 1. The molecule has 1 saturated heterocycles. The molecule has 1 aromatic rings. The van der Waals surface area contributed by atoms with Crippen LogP contribution in [0.3, 0.4) is 0 Å². The molecule has 0 saturated carbocycles. The Morgan fingerprint density at radius 1 is 1.21 bits per heavy atom. The molecule has 29 heavy (non-hydrogen) atoms. The van der Waals surface area contributed by atoms with Crippen molar-refractivity contribution in [2.45, 2.75) is 78.2 Å². The SMILES string of the molecule is CC#CCN(C(C)=O)[C@H]1CCC2(CCN(CCC(C)(C)C)CC2)c2ccccc21. The summed E-state index contributed by atoms with van der Waals surface area (Å²) < 4.78 is 0. The number of hydrogen-bond donors (Lipinski definition) is 0. The second-order valence-corrected chi connectivity index (χ2v) is 10.1. The van der Waals surface area contributed by atoms with E-state index in [0.717, 1.165) is 6.42 Å². The predicted octanol–water partition coefficient (Wildman–Crippen LogP) is 5.16. The minimum atomic E-state index is 0.125. The van der Waals surface area contributed by atoms with Crippen LogP contribution >= 0.6 is 0 Å². The van der Waals surface area contributed by atoms with Crippen molar-refractivity contribution in [1.29, 1.82) is 0 Å². The first kappa shape index (κ1) is 21.9. The first-order chi connectivity index (χ1) is 13.8. The van der Waals surface area contributed by atoms with Crippen molar-refractivity contribution in [3.8, 4) is 11.8 Å². The molecule has 158 valence electrons. The monoisotopic (exact) mass is 394 g/mol. The van der Waals surface area contributed by atoms with Gasteiger partial charge in [0.2, 0.25) is 5.91 Å². The van der Waals surface area contributed by atoms with E-state index in [-0.39, 0.29) is 17.4 Å². The highest BCUT2D eigenvalue weighted by molar-refractivity contribution is 5.74. The van der Waals surface area contributed by atoms with E-state index in [4.69, 9.17) is 0 Å². The van der Waals surface area contributed by atoms with Crippen molar-refractivity contribution in [2.75, 3.05) is 26.2 Å². The van der Waals surface area contributed by atoms with Crippen LogP contribution in [0.5, 0.6) is 0 Å². The molecule has 1 aromatic carbocycles. The zero-order valence-electron chi connectivity index (χ0n) is 19.1. The molecule has 3 heteroatoms. The van der Waals surface area contributed by atoms with Gasteiger partial charge in [0, 0.05) is 6.92 Å². The Labute approximate surface area is 177 Å². The predicted molar refractivity (Wildman–Crippen MR) is 121 cm³/mol. The molecular weight excluding hydrogens is 356 g/mol. The molecule has 1 aliphatic heterocycles. The van der Waals surface area contributed by atoms with Crippen molar-refractivity contribution < 1.29 is 4.79 Å². The molecule has 1 aliphatic carbocycles. The lowest BCUT2D eigenvalue weighted by Gasteiger charge is -2.49. The van der Waals surface area contributed by atoms with E-state index in [9.17, 15) is 4.79 Å². The highest BCUT2D eigenvalue weighted by Gasteiger charge is 2.43. The highest BCUT2D eigenvalue weighted by atomic mass is 16.2. The third-order valence-electron chi connectivity index (χ3n) is 6.99. The standard InChI is InChI=1S/C26H38N2O/c1-6-7-17-28(21(2)29)24-12-13-26(23-11-9-8-10-22(23)24)15-19-27(20-16-26)18-14-25(3,4)5/h8-11,24H,12-20H2,1-5H3/t24-/m0/s1. The lowest BCUT2D eigenvalue weighted by molar-refractivity contribution is -0.131. The molecular formula is C26H38N2O. The topological polar surface area (TPSA) is 23.6 Å². The minimum Gasteiger partial charge on any atom is -0.325 e. The van der Waals surface area contributed by atoms with Crippen LogP contribution in [0.15, 0.2) is 24.3 Å². The maximum absolute atomic E-state index is 12.4. The number of likely N-dealkylation sites (tertiary alicyclic amines) is 1.